The van der Waals surface area contributed by atoms with E-state index in [1.54, 1.807) is 0 Å². The van der Waals surface area contributed by atoms with Crippen molar-refractivity contribution in [3.8, 4) is 11.5 Å². The molecule has 94 valence electrons. The molecule has 0 amide bonds. The molecule has 2 rings (SSSR count). The van der Waals surface area contributed by atoms with Gasteiger partial charge in [-0.3, -0.25) is 0 Å². The Morgan fingerprint density at radius 2 is 1.82 bits per heavy atom. The fraction of sp³-hybridized carbons (Fsp3) is 0.455. The SMILES string of the molecule is Cc1cc2c(cc1CCS(=O)(=O)Cl)OCCO2. The Morgan fingerprint density at radius 3 is 2.41 bits per heavy atom. The van der Waals surface area contributed by atoms with Gasteiger partial charge in [-0.1, -0.05) is 0 Å². The molecule has 0 aliphatic carbocycles. The van der Waals surface area contributed by atoms with Crippen LogP contribution in [-0.4, -0.2) is 27.4 Å². The molecule has 0 N–H and O–H groups in total. The van der Waals surface area contributed by atoms with Crippen molar-refractivity contribution in [1.82, 2.24) is 0 Å². The summed E-state index contributed by atoms with van der Waals surface area (Å²) in [7, 11) is 1.73. The van der Waals surface area contributed by atoms with Crippen molar-refractivity contribution < 1.29 is 17.9 Å². The molecule has 4 nitrogen and oxygen atoms in total. The molecule has 0 bridgehead atoms. The van der Waals surface area contributed by atoms with Crippen molar-refractivity contribution in [2.45, 2.75) is 13.3 Å². The van der Waals surface area contributed by atoms with Crippen LogP contribution in [0.1, 0.15) is 11.1 Å². The first-order chi connectivity index (χ1) is 7.96. The zero-order valence-electron chi connectivity index (χ0n) is 9.40. The van der Waals surface area contributed by atoms with Gasteiger partial charge in [-0.15, -0.1) is 0 Å². The summed E-state index contributed by atoms with van der Waals surface area (Å²) in [6.45, 7) is 2.97. The highest BCUT2D eigenvalue weighted by Gasteiger charge is 2.15. The van der Waals surface area contributed by atoms with E-state index in [9.17, 15) is 8.42 Å². The summed E-state index contributed by atoms with van der Waals surface area (Å²) in [6, 6.07) is 3.69. The van der Waals surface area contributed by atoms with Gasteiger partial charge in [0.05, 0.1) is 5.75 Å². The van der Waals surface area contributed by atoms with E-state index >= 15 is 0 Å². The Kier molecular flexibility index (Phi) is 3.49. The summed E-state index contributed by atoms with van der Waals surface area (Å²) in [5.41, 5.74) is 1.90. The van der Waals surface area contributed by atoms with Crippen LogP contribution in [0.15, 0.2) is 12.1 Å². The third kappa shape index (κ3) is 3.26. The highest BCUT2D eigenvalue weighted by molar-refractivity contribution is 8.13. The number of aryl methyl sites for hydroxylation is 2. The normalized spacial score (nSPS) is 14.7. The Balaban J connectivity index is 2.23. The Labute approximate surface area is 105 Å². The standard InChI is InChI=1S/C11H13ClO4S/c1-8-6-10-11(16-4-3-15-10)7-9(8)2-5-17(12,13)14/h6-7H,2-5H2,1H3. The molecule has 17 heavy (non-hydrogen) atoms. The van der Waals surface area contributed by atoms with E-state index in [0.717, 1.165) is 11.1 Å². The predicted molar refractivity (Wildman–Crippen MR) is 65.5 cm³/mol. The van der Waals surface area contributed by atoms with Gasteiger partial charge in [-0.2, -0.15) is 0 Å². The van der Waals surface area contributed by atoms with Gasteiger partial charge in [0, 0.05) is 10.7 Å². The molecule has 1 heterocycles. The van der Waals surface area contributed by atoms with Crippen molar-refractivity contribution in [1.29, 1.82) is 0 Å². The summed E-state index contributed by atoms with van der Waals surface area (Å²) >= 11 is 0. The summed E-state index contributed by atoms with van der Waals surface area (Å²) in [6.07, 6.45) is 0.383. The largest absolute Gasteiger partial charge is 0.486 e. The summed E-state index contributed by atoms with van der Waals surface area (Å²) in [5.74, 6) is 1.31. The van der Waals surface area contributed by atoms with Crippen LogP contribution in [-0.2, 0) is 15.5 Å². The molecule has 0 radical (unpaired) electrons. The zero-order chi connectivity index (χ0) is 12.5. The summed E-state index contributed by atoms with van der Waals surface area (Å²) in [5, 5.41) is 0. The molecule has 0 aromatic heterocycles. The fourth-order valence-electron chi connectivity index (χ4n) is 1.73. The molecular weight excluding hydrogens is 264 g/mol. The number of rotatable bonds is 3. The Morgan fingerprint density at radius 1 is 1.24 bits per heavy atom. The van der Waals surface area contributed by atoms with Crippen LogP contribution >= 0.6 is 10.7 Å². The quantitative estimate of drug-likeness (QED) is 0.791. The van der Waals surface area contributed by atoms with Gasteiger partial charge in [0.1, 0.15) is 13.2 Å². The van der Waals surface area contributed by atoms with Gasteiger partial charge in [0.15, 0.2) is 11.5 Å². The van der Waals surface area contributed by atoms with Gasteiger partial charge in [-0.25, -0.2) is 8.42 Å². The highest BCUT2D eigenvalue weighted by atomic mass is 35.7. The molecular formula is C11H13ClO4S. The molecule has 1 aliphatic heterocycles. The van der Waals surface area contributed by atoms with Crippen molar-refractivity contribution in [3.05, 3.63) is 23.3 Å². The average Bonchev–Trinajstić information content (AvgIpc) is 2.25. The molecule has 0 saturated carbocycles. The van der Waals surface area contributed by atoms with Crippen molar-refractivity contribution in [3.63, 3.8) is 0 Å². The second kappa shape index (κ2) is 4.74. The maximum atomic E-state index is 10.9. The number of benzene rings is 1. The second-order valence-corrected chi connectivity index (χ2v) is 6.81. The first kappa shape index (κ1) is 12.5. The third-order valence-electron chi connectivity index (χ3n) is 2.62. The number of ether oxygens (including phenoxy) is 2. The minimum atomic E-state index is -3.46. The van der Waals surface area contributed by atoms with Crippen LogP contribution in [0.5, 0.6) is 11.5 Å². The molecule has 0 spiro atoms. The molecule has 0 fully saturated rings. The van der Waals surface area contributed by atoms with E-state index in [1.165, 1.54) is 0 Å². The van der Waals surface area contributed by atoms with Crippen LogP contribution in [0.3, 0.4) is 0 Å². The highest BCUT2D eigenvalue weighted by Crippen LogP contribution is 2.33. The van der Waals surface area contributed by atoms with Crippen molar-refractivity contribution >= 4 is 19.7 Å². The van der Waals surface area contributed by atoms with Crippen LogP contribution in [0, 0.1) is 6.92 Å². The van der Waals surface area contributed by atoms with Gasteiger partial charge in [0.2, 0.25) is 9.05 Å². The van der Waals surface area contributed by atoms with Crippen LogP contribution < -0.4 is 9.47 Å². The van der Waals surface area contributed by atoms with Crippen LogP contribution in [0.4, 0.5) is 0 Å². The lowest BCUT2D eigenvalue weighted by Crippen LogP contribution is -2.16. The topological polar surface area (TPSA) is 52.6 Å². The zero-order valence-corrected chi connectivity index (χ0v) is 11.0. The van der Waals surface area contributed by atoms with E-state index in [4.69, 9.17) is 20.2 Å². The van der Waals surface area contributed by atoms with Crippen molar-refractivity contribution in [2.75, 3.05) is 19.0 Å². The van der Waals surface area contributed by atoms with Gasteiger partial charge >= 0.3 is 0 Å². The van der Waals surface area contributed by atoms with Gasteiger partial charge < -0.3 is 9.47 Å². The summed E-state index contributed by atoms with van der Waals surface area (Å²) in [4.78, 5) is 0. The van der Waals surface area contributed by atoms with Gasteiger partial charge in [0.25, 0.3) is 0 Å². The minimum Gasteiger partial charge on any atom is -0.486 e. The molecule has 6 heteroatoms. The molecule has 0 atom stereocenters. The maximum absolute atomic E-state index is 10.9. The minimum absolute atomic E-state index is 0.0744. The van der Waals surface area contributed by atoms with Gasteiger partial charge in [-0.05, 0) is 36.6 Å². The molecule has 1 aliphatic rings. The molecule has 1 aromatic rings. The van der Waals surface area contributed by atoms with E-state index in [2.05, 4.69) is 0 Å². The lowest BCUT2D eigenvalue weighted by Gasteiger charge is -2.20. The maximum Gasteiger partial charge on any atom is 0.232 e. The monoisotopic (exact) mass is 276 g/mol. The lowest BCUT2D eigenvalue weighted by molar-refractivity contribution is 0.171. The smallest absolute Gasteiger partial charge is 0.232 e. The van der Waals surface area contributed by atoms with Crippen LogP contribution in [0.25, 0.3) is 0 Å². The first-order valence-electron chi connectivity index (χ1n) is 5.27. The number of fused-ring (bicyclic) bond motifs is 1. The molecule has 1 aromatic carbocycles. The average molecular weight is 277 g/mol. The number of hydrogen-bond acceptors (Lipinski definition) is 4. The summed E-state index contributed by atoms with van der Waals surface area (Å²) < 4.78 is 32.7. The van der Waals surface area contributed by atoms with Crippen molar-refractivity contribution in [2.24, 2.45) is 0 Å². The van der Waals surface area contributed by atoms with Crippen LogP contribution in [0.2, 0.25) is 0 Å². The third-order valence-corrected chi connectivity index (χ3v) is 3.77. The first-order valence-corrected chi connectivity index (χ1v) is 7.75. The Hall–Kier alpha value is -0.940. The van der Waals surface area contributed by atoms with E-state index in [1.807, 2.05) is 19.1 Å². The Bertz CT molecular complexity index is 525. The van der Waals surface area contributed by atoms with E-state index in [0.29, 0.717) is 31.1 Å². The predicted octanol–water partition coefficient (Wildman–Crippen LogP) is 1.88. The van der Waals surface area contributed by atoms with E-state index in [-0.39, 0.29) is 5.75 Å². The fourth-order valence-corrected chi connectivity index (χ4v) is 2.43. The molecule has 0 saturated heterocycles. The number of hydrogen-bond donors (Lipinski definition) is 0. The lowest BCUT2D eigenvalue weighted by atomic mass is 10.1. The van der Waals surface area contributed by atoms with E-state index < -0.39 is 9.05 Å². The number of halogens is 1. The molecule has 0 unspecified atom stereocenters. The second-order valence-electron chi connectivity index (χ2n) is 3.92.